The molecule has 0 N–H and O–H groups in total. The molecule has 0 amide bonds. The highest BCUT2D eigenvalue weighted by molar-refractivity contribution is 9.10. The van der Waals surface area contributed by atoms with Gasteiger partial charge in [0.05, 0.1) is 0 Å². The Morgan fingerprint density at radius 3 is 2.54 bits per heavy atom. The van der Waals surface area contributed by atoms with Crippen molar-refractivity contribution in [2.45, 2.75) is 53.2 Å². The molecule has 0 aliphatic heterocycles. The Morgan fingerprint density at radius 2 is 1.89 bits per heavy atom. The van der Waals surface area contributed by atoms with E-state index in [0.717, 1.165) is 25.4 Å². The predicted octanol–water partition coefficient (Wildman–Crippen LogP) is 4.24. The van der Waals surface area contributed by atoms with Crippen LogP contribution in [0.25, 0.3) is 21.9 Å². The van der Waals surface area contributed by atoms with Crippen LogP contribution in [0.5, 0.6) is 0 Å². The summed E-state index contributed by atoms with van der Waals surface area (Å²) in [4.78, 5) is 48.6. The van der Waals surface area contributed by atoms with E-state index in [1.807, 2.05) is 32.0 Å². The lowest BCUT2D eigenvalue weighted by Crippen LogP contribution is -2.40. The van der Waals surface area contributed by atoms with E-state index in [0.29, 0.717) is 12.4 Å². The number of imidazole rings is 1. The van der Waals surface area contributed by atoms with Crippen LogP contribution in [0.15, 0.2) is 44.7 Å². The van der Waals surface area contributed by atoms with Gasteiger partial charge in [0.15, 0.2) is 11.2 Å². The fourth-order valence-electron chi connectivity index (χ4n) is 4.01. The van der Waals surface area contributed by atoms with Gasteiger partial charge in [-0.05, 0) is 49.8 Å². The SMILES string of the molecule is CC(C)Cn1c(=O)n(C)c(=O)c2c1nc(Cc1cncc3ccc(Br)cc13)n2C(=O)OC(C)(C)C. The number of ether oxygens (including phenoxy) is 1. The molecule has 0 spiro atoms. The van der Waals surface area contributed by atoms with E-state index in [1.54, 1.807) is 33.2 Å². The van der Waals surface area contributed by atoms with Gasteiger partial charge < -0.3 is 4.74 Å². The maximum absolute atomic E-state index is 13.4. The van der Waals surface area contributed by atoms with Gasteiger partial charge in [-0.2, -0.15) is 0 Å². The number of hydrogen-bond acceptors (Lipinski definition) is 6. The molecule has 9 nitrogen and oxygen atoms in total. The van der Waals surface area contributed by atoms with E-state index in [4.69, 9.17) is 4.74 Å². The number of carbonyl (C=O) groups is 1. The summed E-state index contributed by atoms with van der Waals surface area (Å²) in [6, 6.07) is 5.85. The summed E-state index contributed by atoms with van der Waals surface area (Å²) in [6.07, 6.45) is 2.95. The van der Waals surface area contributed by atoms with E-state index >= 15 is 0 Å². The predicted molar refractivity (Wildman–Crippen MR) is 138 cm³/mol. The van der Waals surface area contributed by atoms with E-state index in [-0.39, 0.29) is 23.5 Å². The molecule has 0 radical (unpaired) electrons. The minimum Gasteiger partial charge on any atom is -0.443 e. The van der Waals surface area contributed by atoms with Crippen molar-refractivity contribution in [2.24, 2.45) is 13.0 Å². The summed E-state index contributed by atoms with van der Waals surface area (Å²) in [5, 5.41) is 1.86. The first kappa shape index (κ1) is 24.8. The quantitative estimate of drug-likeness (QED) is 0.383. The Labute approximate surface area is 210 Å². The molecular weight excluding hydrogens is 514 g/mol. The second-order valence-electron chi connectivity index (χ2n) is 10.0. The van der Waals surface area contributed by atoms with Crippen molar-refractivity contribution in [2.75, 3.05) is 0 Å². The van der Waals surface area contributed by atoms with Gasteiger partial charge >= 0.3 is 11.8 Å². The van der Waals surface area contributed by atoms with Gasteiger partial charge in [0.25, 0.3) is 5.56 Å². The van der Waals surface area contributed by atoms with Gasteiger partial charge in [-0.25, -0.2) is 19.1 Å². The van der Waals surface area contributed by atoms with Crippen molar-refractivity contribution in [1.82, 2.24) is 23.7 Å². The summed E-state index contributed by atoms with van der Waals surface area (Å²) in [5.74, 6) is 0.409. The maximum atomic E-state index is 13.4. The van der Waals surface area contributed by atoms with Crippen LogP contribution in [-0.2, 0) is 24.8 Å². The molecule has 0 unspecified atom stereocenters. The Morgan fingerprint density at radius 1 is 1.17 bits per heavy atom. The van der Waals surface area contributed by atoms with Crippen LogP contribution >= 0.6 is 15.9 Å². The number of fused-ring (bicyclic) bond motifs is 2. The fourth-order valence-corrected chi connectivity index (χ4v) is 4.37. The second kappa shape index (κ2) is 9.07. The van der Waals surface area contributed by atoms with Crippen molar-refractivity contribution < 1.29 is 9.53 Å². The topological polar surface area (TPSA) is 101 Å². The third-order valence-electron chi connectivity index (χ3n) is 5.49. The second-order valence-corrected chi connectivity index (χ2v) is 10.9. The summed E-state index contributed by atoms with van der Waals surface area (Å²) in [5.41, 5.74) is -0.873. The molecule has 0 atom stereocenters. The molecule has 10 heteroatoms. The standard InChI is InChI=1S/C25H28BrN5O4/c1-14(2)13-30-21-20(22(32)29(6)23(30)33)31(24(34)35-25(3,4)5)19(28-21)9-16-12-27-11-15-7-8-17(26)10-18(15)16/h7-8,10-12,14H,9,13H2,1-6H3. The molecule has 0 saturated heterocycles. The highest BCUT2D eigenvalue weighted by Crippen LogP contribution is 2.25. The molecule has 35 heavy (non-hydrogen) atoms. The van der Waals surface area contributed by atoms with Crippen molar-refractivity contribution in [1.29, 1.82) is 0 Å². The number of benzene rings is 1. The lowest BCUT2D eigenvalue weighted by atomic mass is 10.1. The number of carbonyl (C=O) groups excluding carboxylic acids is 1. The normalized spacial score (nSPS) is 12.1. The minimum atomic E-state index is -0.797. The highest BCUT2D eigenvalue weighted by Gasteiger charge is 2.28. The first-order valence-corrected chi connectivity index (χ1v) is 12.1. The summed E-state index contributed by atoms with van der Waals surface area (Å²) in [7, 11) is 1.40. The van der Waals surface area contributed by atoms with Gasteiger partial charge in [-0.3, -0.25) is 18.9 Å². The minimum absolute atomic E-state index is 0.0198. The first-order valence-electron chi connectivity index (χ1n) is 11.3. The molecule has 4 rings (SSSR count). The zero-order chi connectivity index (χ0) is 25.7. The average molecular weight is 542 g/mol. The molecule has 3 aromatic heterocycles. The fraction of sp³-hybridized carbons (Fsp3) is 0.400. The molecule has 0 bridgehead atoms. The van der Waals surface area contributed by atoms with Crippen LogP contribution in [0.1, 0.15) is 46.0 Å². The lowest BCUT2D eigenvalue weighted by molar-refractivity contribution is 0.0539. The Hall–Kier alpha value is -3.27. The van der Waals surface area contributed by atoms with Crippen molar-refractivity contribution in [3.8, 4) is 0 Å². The molecule has 0 fully saturated rings. The van der Waals surface area contributed by atoms with E-state index in [2.05, 4.69) is 25.9 Å². The van der Waals surface area contributed by atoms with E-state index in [1.165, 1.54) is 16.2 Å². The maximum Gasteiger partial charge on any atom is 0.420 e. The van der Waals surface area contributed by atoms with Gasteiger partial charge in [0.2, 0.25) is 0 Å². The van der Waals surface area contributed by atoms with Gasteiger partial charge in [0.1, 0.15) is 11.4 Å². The zero-order valence-corrected chi connectivity index (χ0v) is 22.2. The zero-order valence-electron chi connectivity index (χ0n) is 20.6. The van der Waals surface area contributed by atoms with Crippen molar-refractivity contribution >= 4 is 44.0 Å². The molecule has 184 valence electrons. The summed E-state index contributed by atoms with van der Waals surface area (Å²) in [6.45, 7) is 9.54. The number of hydrogen-bond donors (Lipinski definition) is 0. The number of rotatable bonds is 4. The third kappa shape index (κ3) is 4.80. The van der Waals surface area contributed by atoms with Crippen LogP contribution in [0.2, 0.25) is 0 Å². The summed E-state index contributed by atoms with van der Waals surface area (Å²) < 4.78 is 10.2. The summed E-state index contributed by atoms with van der Waals surface area (Å²) >= 11 is 3.51. The first-order chi connectivity index (χ1) is 16.4. The van der Waals surface area contributed by atoms with Crippen molar-refractivity contribution in [3.05, 3.63) is 67.3 Å². The van der Waals surface area contributed by atoms with Crippen LogP contribution in [-0.4, -0.2) is 35.4 Å². The van der Waals surface area contributed by atoms with Crippen LogP contribution in [0, 0.1) is 5.92 Å². The Kier molecular flexibility index (Phi) is 6.44. The molecule has 0 aliphatic rings. The highest BCUT2D eigenvalue weighted by atomic mass is 79.9. The molecule has 0 aliphatic carbocycles. The number of halogens is 1. The van der Waals surface area contributed by atoms with Gasteiger partial charge in [0, 0.05) is 42.3 Å². The van der Waals surface area contributed by atoms with Crippen LogP contribution in [0.4, 0.5) is 4.79 Å². The molecule has 1 aromatic carbocycles. The number of pyridine rings is 1. The third-order valence-corrected chi connectivity index (χ3v) is 5.98. The molecule has 4 aromatic rings. The Bertz CT molecular complexity index is 1570. The lowest BCUT2D eigenvalue weighted by Gasteiger charge is -2.20. The monoisotopic (exact) mass is 541 g/mol. The van der Waals surface area contributed by atoms with Crippen LogP contribution < -0.4 is 11.2 Å². The smallest absolute Gasteiger partial charge is 0.420 e. The molecule has 3 heterocycles. The largest absolute Gasteiger partial charge is 0.443 e. The molecular formula is C25H28BrN5O4. The average Bonchev–Trinajstić information content (AvgIpc) is 3.13. The number of nitrogens with zero attached hydrogens (tertiary/aromatic N) is 5. The Balaban J connectivity index is 2.03. The van der Waals surface area contributed by atoms with Crippen LogP contribution in [0.3, 0.4) is 0 Å². The molecule has 0 saturated carbocycles. The van der Waals surface area contributed by atoms with E-state index in [9.17, 15) is 14.4 Å². The van der Waals surface area contributed by atoms with Gasteiger partial charge in [-0.15, -0.1) is 0 Å². The number of aromatic nitrogens is 5. The van der Waals surface area contributed by atoms with Gasteiger partial charge in [-0.1, -0.05) is 35.8 Å². The van der Waals surface area contributed by atoms with E-state index < -0.39 is 22.9 Å². The van der Waals surface area contributed by atoms with Crippen molar-refractivity contribution in [3.63, 3.8) is 0 Å².